The van der Waals surface area contributed by atoms with Crippen molar-refractivity contribution < 1.29 is 9.72 Å². The van der Waals surface area contributed by atoms with Crippen LogP contribution in [0.25, 0.3) is 0 Å². The van der Waals surface area contributed by atoms with Crippen LogP contribution in [0.5, 0.6) is 0 Å². The van der Waals surface area contributed by atoms with Gasteiger partial charge in [-0.05, 0) is 20.2 Å². The minimum absolute atomic E-state index is 0. The zero-order valence-electron chi connectivity index (χ0n) is 12.5. The van der Waals surface area contributed by atoms with Gasteiger partial charge < -0.3 is 9.80 Å². The molecule has 0 spiro atoms. The number of anilines is 1. The Morgan fingerprint density at radius 3 is 2.24 bits per heavy atom. The molecule has 0 atom stereocenters. The van der Waals surface area contributed by atoms with Crippen LogP contribution in [0.3, 0.4) is 0 Å². The van der Waals surface area contributed by atoms with Gasteiger partial charge in [0.15, 0.2) is 0 Å². The summed E-state index contributed by atoms with van der Waals surface area (Å²) < 4.78 is 0. The van der Waals surface area contributed by atoms with Crippen LogP contribution in [-0.2, 0) is 0 Å². The maximum Gasteiger partial charge on any atom is 0.325 e. The summed E-state index contributed by atoms with van der Waals surface area (Å²) in [7, 11) is 7.11. The molecule has 0 aromatic carbocycles. The molecule has 0 saturated heterocycles. The van der Waals surface area contributed by atoms with Crippen LogP contribution in [-0.4, -0.2) is 67.0 Å². The standard InChI is InChI=1S/C12H19N5O3.ClH/c1-14(2)7-8-16(12(18)15(3)4)11-6-5-10(9-13-11)17(19)20;/h5-6,9H,7-8H2,1-4H3;1H. The predicted molar refractivity (Wildman–Crippen MR) is 83.1 cm³/mol. The molecule has 0 bridgehead atoms. The Morgan fingerprint density at radius 1 is 1.24 bits per heavy atom. The molecule has 0 unspecified atom stereocenters. The molecule has 1 heterocycles. The van der Waals surface area contributed by atoms with Gasteiger partial charge in [-0.2, -0.15) is 0 Å². The first-order chi connectivity index (χ1) is 9.32. The number of rotatable bonds is 5. The van der Waals surface area contributed by atoms with Crippen LogP contribution in [0.15, 0.2) is 18.3 Å². The maximum absolute atomic E-state index is 12.1. The van der Waals surface area contributed by atoms with Crippen molar-refractivity contribution >= 4 is 29.9 Å². The van der Waals surface area contributed by atoms with E-state index in [0.717, 1.165) is 6.20 Å². The maximum atomic E-state index is 12.1. The number of halogens is 1. The Kier molecular flexibility index (Phi) is 7.61. The SMILES string of the molecule is CN(C)CCN(C(=O)N(C)C)c1ccc([N+](=O)[O-])cn1.Cl. The summed E-state index contributed by atoms with van der Waals surface area (Å²) in [6, 6.07) is 2.61. The Balaban J connectivity index is 0.00000400. The molecule has 0 fully saturated rings. The van der Waals surface area contributed by atoms with Crippen molar-refractivity contribution in [2.24, 2.45) is 0 Å². The van der Waals surface area contributed by atoms with E-state index < -0.39 is 4.92 Å². The molecule has 1 rings (SSSR count). The average molecular weight is 318 g/mol. The second-order valence-corrected chi connectivity index (χ2v) is 4.76. The summed E-state index contributed by atoms with van der Waals surface area (Å²) in [4.78, 5) is 31.1. The Bertz CT molecular complexity index is 478. The van der Waals surface area contributed by atoms with E-state index in [2.05, 4.69) is 4.98 Å². The number of urea groups is 1. The van der Waals surface area contributed by atoms with E-state index in [0.29, 0.717) is 18.9 Å². The molecule has 2 amide bonds. The normalized spacial score (nSPS) is 9.95. The van der Waals surface area contributed by atoms with Gasteiger partial charge >= 0.3 is 6.03 Å². The Hall–Kier alpha value is -1.93. The summed E-state index contributed by atoms with van der Waals surface area (Å²) in [5.41, 5.74) is -0.0985. The molecule has 1 aromatic heterocycles. The highest BCUT2D eigenvalue weighted by molar-refractivity contribution is 5.90. The molecule has 0 aliphatic rings. The van der Waals surface area contributed by atoms with Gasteiger partial charge in [-0.3, -0.25) is 15.0 Å². The third kappa shape index (κ3) is 5.52. The van der Waals surface area contributed by atoms with Crippen LogP contribution in [0.1, 0.15) is 0 Å². The average Bonchev–Trinajstić information content (AvgIpc) is 2.38. The number of carbonyl (C=O) groups excluding carboxylic acids is 1. The lowest BCUT2D eigenvalue weighted by molar-refractivity contribution is -0.385. The molecular weight excluding hydrogens is 298 g/mol. The van der Waals surface area contributed by atoms with E-state index in [-0.39, 0.29) is 24.1 Å². The molecule has 9 heteroatoms. The number of carbonyl (C=O) groups is 1. The number of nitro groups is 1. The van der Waals surface area contributed by atoms with E-state index in [1.54, 1.807) is 14.1 Å². The summed E-state index contributed by atoms with van der Waals surface area (Å²) in [5, 5.41) is 10.6. The molecule has 0 saturated carbocycles. The summed E-state index contributed by atoms with van der Waals surface area (Å²) >= 11 is 0. The first kappa shape index (κ1) is 19.1. The molecule has 0 N–H and O–H groups in total. The van der Waals surface area contributed by atoms with Crippen LogP contribution in [0.2, 0.25) is 0 Å². The largest absolute Gasteiger partial charge is 0.330 e. The topological polar surface area (TPSA) is 82.8 Å². The van der Waals surface area contributed by atoms with Gasteiger partial charge in [0.2, 0.25) is 0 Å². The van der Waals surface area contributed by atoms with Crippen LogP contribution < -0.4 is 4.90 Å². The quantitative estimate of drug-likeness (QED) is 0.606. The van der Waals surface area contributed by atoms with Crippen molar-refractivity contribution in [1.29, 1.82) is 0 Å². The van der Waals surface area contributed by atoms with Crippen molar-refractivity contribution in [1.82, 2.24) is 14.8 Å². The molecule has 118 valence electrons. The van der Waals surface area contributed by atoms with E-state index in [4.69, 9.17) is 0 Å². The molecule has 1 aromatic rings. The highest BCUT2D eigenvalue weighted by atomic mass is 35.5. The predicted octanol–water partition coefficient (Wildman–Crippen LogP) is 1.46. The van der Waals surface area contributed by atoms with Gasteiger partial charge in [-0.1, -0.05) is 0 Å². The van der Waals surface area contributed by atoms with Crippen LogP contribution >= 0.6 is 12.4 Å². The minimum Gasteiger partial charge on any atom is -0.330 e. The third-order valence-corrected chi connectivity index (χ3v) is 2.60. The van der Waals surface area contributed by atoms with Gasteiger partial charge in [-0.15, -0.1) is 12.4 Å². The minimum atomic E-state index is -0.519. The monoisotopic (exact) mass is 317 g/mol. The lowest BCUT2D eigenvalue weighted by Crippen LogP contribution is -2.43. The Morgan fingerprint density at radius 2 is 1.86 bits per heavy atom. The van der Waals surface area contributed by atoms with E-state index in [1.165, 1.54) is 21.9 Å². The number of hydrogen-bond donors (Lipinski definition) is 0. The second-order valence-electron chi connectivity index (χ2n) is 4.76. The zero-order chi connectivity index (χ0) is 15.3. The van der Waals surface area contributed by atoms with Gasteiger partial charge in [0.1, 0.15) is 12.0 Å². The first-order valence-corrected chi connectivity index (χ1v) is 6.07. The van der Waals surface area contributed by atoms with Crippen molar-refractivity contribution in [3.63, 3.8) is 0 Å². The lowest BCUT2D eigenvalue weighted by atomic mass is 10.3. The highest BCUT2D eigenvalue weighted by Crippen LogP contribution is 2.16. The smallest absolute Gasteiger partial charge is 0.325 e. The fraction of sp³-hybridized carbons (Fsp3) is 0.500. The number of hydrogen-bond acceptors (Lipinski definition) is 5. The number of nitrogens with zero attached hydrogens (tertiary/aromatic N) is 5. The summed E-state index contributed by atoms with van der Waals surface area (Å²) in [5.74, 6) is 0.399. The van der Waals surface area contributed by atoms with E-state index >= 15 is 0 Å². The van der Waals surface area contributed by atoms with Gasteiger partial charge in [0.05, 0.1) is 4.92 Å². The first-order valence-electron chi connectivity index (χ1n) is 6.07. The summed E-state index contributed by atoms with van der Waals surface area (Å²) in [6.07, 6.45) is 1.15. The van der Waals surface area contributed by atoms with Crippen LogP contribution in [0.4, 0.5) is 16.3 Å². The fourth-order valence-electron chi connectivity index (χ4n) is 1.50. The van der Waals surface area contributed by atoms with Gasteiger partial charge in [0, 0.05) is 33.3 Å². The number of amides is 2. The number of aromatic nitrogens is 1. The lowest BCUT2D eigenvalue weighted by Gasteiger charge is -2.26. The second kappa shape index (κ2) is 8.38. The number of pyridine rings is 1. The van der Waals surface area contributed by atoms with Crippen molar-refractivity contribution in [3.8, 4) is 0 Å². The van der Waals surface area contributed by atoms with Crippen molar-refractivity contribution in [3.05, 3.63) is 28.4 Å². The van der Waals surface area contributed by atoms with Crippen molar-refractivity contribution in [2.75, 3.05) is 46.2 Å². The van der Waals surface area contributed by atoms with Gasteiger partial charge in [-0.25, -0.2) is 9.78 Å². The third-order valence-electron chi connectivity index (χ3n) is 2.60. The van der Waals surface area contributed by atoms with E-state index in [1.807, 2.05) is 19.0 Å². The zero-order valence-corrected chi connectivity index (χ0v) is 13.3. The van der Waals surface area contributed by atoms with E-state index in [9.17, 15) is 14.9 Å². The molecule has 0 aliphatic carbocycles. The molecule has 0 radical (unpaired) electrons. The molecule has 0 aliphatic heterocycles. The molecule has 8 nitrogen and oxygen atoms in total. The molecular formula is C12H20ClN5O3. The molecule has 21 heavy (non-hydrogen) atoms. The van der Waals surface area contributed by atoms with Gasteiger partial charge in [0.25, 0.3) is 5.69 Å². The number of likely N-dealkylation sites (N-methyl/N-ethyl adjacent to an activating group) is 1. The van der Waals surface area contributed by atoms with Crippen molar-refractivity contribution in [2.45, 2.75) is 0 Å². The Labute approximate surface area is 129 Å². The van der Waals surface area contributed by atoms with Crippen LogP contribution in [0, 0.1) is 10.1 Å². The fourth-order valence-corrected chi connectivity index (χ4v) is 1.50. The summed E-state index contributed by atoms with van der Waals surface area (Å²) in [6.45, 7) is 1.12. The highest BCUT2D eigenvalue weighted by Gasteiger charge is 2.19.